The van der Waals surface area contributed by atoms with E-state index in [1.54, 1.807) is 12.1 Å². The number of fused-ring (bicyclic) bond motifs is 1. The van der Waals surface area contributed by atoms with E-state index in [1.807, 2.05) is 0 Å². The monoisotopic (exact) mass is 491 g/mol. The average Bonchev–Trinajstić information content (AvgIpc) is 2.79. The first kappa shape index (κ1) is 24.0. The number of carboxylic acid groups (broad SMARTS) is 1. The lowest BCUT2D eigenvalue weighted by atomic mass is 9.99. The molecule has 4 rings (SSSR count). The number of cyclic esters (lactones) is 1. The smallest absolute Gasteiger partial charge is 0.416 e. The van der Waals surface area contributed by atoms with Crippen LogP contribution in [0.4, 0.5) is 34.1 Å². The van der Waals surface area contributed by atoms with Gasteiger partial charge in [-0.25, -0.2) is 9.59 Å². The lowest BCUT2D eigenvalue weighted by Gasteiger charge is -2.38. The highest BCUT2D eigenvalue weighted by molar-refractivity contribution is 6.12. The van der Waals surface area contributed by atoms with E-state index in [-0.39, 0.29) is 23.4 Å². The van der Waals surface area contributed by atoms with Crippen LogP contribution < -0.4 is 9.80 Å². The normalized spacial score (nSPS) is 18.5. The summed E-state index contributed by atoms with van der Waals surface area (Å²) in [4.78, 5) is 52.7. The fourth-order valence-corrected chi connectivity index (χ4v) is 4.16. The Morgan fingerprint density at radius 1 is 1.17 bits per heavy atom. The summed E-state index contributed by atoms with van der Waals surface area (Å²) in [5.41, 5.74) is 0.337. The van der Waals surface area contributed by atoms with Gasteiger partial charge in [0.25, 0.3) is 0 Å². The molecular formula is C23H20F3N3O6. The molecule has 1 fully saturated rings. The van der Waals surface area contributed by atoms with Crippen molar-refractivity contribution < 1.29 is 42.2 Å². The Balaban J connectivity index is 1.71. The Kier molecular flexibility index (Phi) is 5.91. The molecule has 2 heterocycles. The topological polar surface area (TPSA) is 107 Å². The van der Waals surface area contributed by atoms with E-state index in [0.717, 1.165) is 17.0 Å². The minimum absolute atomic E-state index is 0.0616. The SMILES string of the molecule is Cc1c(CN2C(=O)C(C(=O)O)CN(c3ccc4c(c3)COC(=O)N4C)C2=O)cccc1C(F)(F)F. The molecule has 1 unspecified atom stereocenters. The maximum absolute atomic E-state index is 13.3. The zero-order valence-corrected chi connectivity index (χ0v) is 18.6. The summed E-state index contributed by atoms with van der Waals surface area (Å²) in [6.45, 7) is 0.173. The van der Waals surface area contributed by atoms with Crippen LogP contribution in [0.15, 0.2) is 36.4 Å². The van der Waals surface area contributed by atoms with Crippen molar-refractivity contribution in [2.75, 3.05) is 23.4 Å². The lowest BCUT2D eigenvalue weighted by molar-refractivity contribution is -0.150. The third-order valence-corrected chi connectivity index (χ3v) is 6.13. The molecule has 2 aromatic rings. The molecule has 0 bridgehead atoms. The van der Waals surface area contributed by atoms with Crippen LogP contribution in [0, 0.1) is 12.8 Å². The van der Waals surface area contributed by atoms with Crippen LogP contribution in [-0.2, 0) is 33.7 Å². The summed E-state index contributed by atoms with van der Waals surface area (Å²) in [5.74, 6) is -4.09. The zero-order valence-electron chi connectivity index (χ0n) is 18.6. The van der Waals surface area contributed by atoms with Gasteiger partial charge in [0, 0.05) is 24.8 Å². The van der Waals surface area contributed by atoms with Crippen LogP contribution in [0.5, 0.6) is 0 Å². The van der Waals surface area contributed by atoms with Crippen molar-refractivity contribution in [1.82, 2.24) is 4.90 Å². The first-order valence-corrected chi connectivity index (χ1v) is 10.4. The van der Waals surface area contributed by atoms with E-state index < -0.39 is 54.7 Å². The summed E-state index contributed by atoms with van der Waals surface area (Å²) in [6, 6.07) is 7.13. The van der Waals surface area contributed by atoms with Crippen molar-refractivity contribution >= 4 is 35.4 Å². The van der Waals surface area contributed by atoms with E-state index in [1.165, 1.54) is 31.0 Å². The van der Waals surface area contributed by atoms with Gasteiger partial charge in [0.15, 0.2) is 5.92 Å². The van der Waals surface area contributed by atoms with E-state index in [0.29, 0.717) is 16.2 Å². The average molecular weight is 491 g/mol. The number of carboxylic acids is 1. The number of urea groups is 1. The molecule has 0 radical (unpaired) electrons. The fraction of sp³-hybridized carbons (Fsp3) is 0.304. The number of benzene rings is 2. The molecule has 0 saturated carbocycles. The van der Waals surface area contributed by atoms with Crippen LogP contribution in [0.2, 0.25) is 0 Å². The Morgan fingerprint density at radius 2 is 1.89 bits per heavy atom. The second-order valence-corrected chi connectivity index (χ2v) is 8.22. The van der Waals surface area contributed by atoms with Crippen LogP contribution in [0.25, 0.3) is 0 Å². The van der Waals surface area contributed by atoms with Gasteiger partial charge in [0.05, 0.1) is 17.8 Å². The summed E-state index contributed by atoms with van der Waals surface area (Å²) >= 11 is 0. The Morgan fingerprint density at radius 3 is 2.54 bits per heavy atom. The highest BCUT2D eigenvalue weighted by Crippen LogP contribution is 2.35. The van der Waals surface area contributed by atoms with Crippen molar-refractivity contribution in [2.45, 2.75) is 26.3 Å². The highest BCUT2D eigenvalue weighted by Gasteiger charge is 2.44. The molecule has 0 aliphatic carbocycles. The molecule has 2 aromatic carbocycles. The van der Waals surface area contributed by atoms with Crippen LogP contribution >= 0.6 is 0 Å². The van der Waals surface area contributed by atoms with E-state index in [4.69, 9.17) is 4.74 Å². The molecule has 1 N–H and O–H groups in total. The number of alkyl halides is 3. The first-order valence-electron chi connectivity index (χ1n) is 10.4. The van der Waals surface area contributed by atoms with Crippen molar-refractivity contribution in [3.63, 3.8) is 0 Å². The van der Waals surface area contributed by atoms with E-state index >= 15 is 0 Å². The molecule has 4 amide bonds. The van der Waals surface area contributed by atoms with Gasteiger partial charge in [-0.05, 0) is 42.3 Å². The quantitative estimate of drug-likeness (QED) is 0.653. The third kappa shape index (κ3) is 4.27. The van der Waals surface area contributed by atoms with Gasteiger partial charge in [-0.2, -0.15) is 13.2 Å². The molecule has 2 aliphatic heterocycles. The number of nitrogens with zero attached hydrogens (tertiary/aromatic N) is 3. The van der Waals surface area contributed by atoms with Crippen LogP contribution in [0.3, 0.4) is 0 Å². The lowest BCUT2D eigenvalue weighted by Crippen LogP contribution is -2.58. The molecule has 1 saturated heterocycles. The van der Waals surface area contributed by atoms with E-state index in [9.17, 15) is 37.5 Å². The maximum Gasteiger partial charge on any atom is 0.416 e. The molecule has 12 heteroatoms. The second kappa shape index (κ2) is 8.60. The third-order valence-electron chi connectivity index (χ3n) is 6.13. The Bertz CT molecular complexity index is 1250. The largest absolute Gasteiger partial charge is 0.481 e. The number of rotatable bonds is 4. The Hall–Kier alpha value is -4.09. The van der Waals surface area contributed by atoms with Crippen LogP contribution in [0.1, 0.15) is 22.3 Å². The molecule has 9 nitrogen and oxygen atoms in total. The molecule has 1 atom stereocenters. The van der Waals surface area contributed by atoms with Crippen LogP contribution in [-0.4, -0.2) is 47.6 Å². The minimum atomic E-state index is -4.63. The number of carbonyl (C=O) groups is 4. The van der Waals surface area contributed by atoms with Crippen molar-refractivity contribution in [3.8, 4) is 0 Å². The van der Waals surface area contributed by atoms with Gasteiger partial charge >= 0.3 is 24.3 Å². The molecule has 184 valence electrons. The van der Waals surface area contributed by atoms with Gasteiger partial charge in [0.2, 0.25) is 5.91 Å². The zero-order chi connectivity index (χ0) is 25.7. The van der Waals surface area contributed by atoms with Gasteiger partial charge in [0.1, 0.15) is 6.61 Å². The summed E-state index contributed by atoms with van der Waals surface area (Å²) in [5, 5.41) is 9.61. The molecule has 0 aromatic heterocycles. The fourth-order valence-electron chi connectivity index (χ4n) is 4.16. The Labute approximate surface area is 197 Å². The van der Waals surface area contributed by atoms with Crippen molar-refractivity contribution in [2.24, 2.45) is 5.92 Å². The molecule has 35 heavy (non-hydrogen) atoms. The van der Waals surface area contributed by atoms with Crippen molar-refractivity contribution in [1.29, 1.82) is 0 Å². The second-order valence-electron chi connectivity index (χ2n) is 8.22. The predicted molar refractivity (Wildman–Crippen MR) is 116 cm³/mol. The number of hydrogen-bond acceptors (Lipinski definition) is 5. The molecular weight excluding hydrogens is 471 g/mol. The maximum atomic E-state index is 13.3. The number of aliphatic carboxylic acids is 1. The van der Waals surface area contributed by atoms with E-state index in [2.05, 4.69) is 0 Å². The number of halogens is 3. The predicted octanol–water partition coefficient (Wildman–Crippen LogP) is 3.77. The van der Waals surface area contributed by atoms with Gasteiger partial charge in [-0.1, -0.05) is 12.1 Å². The van der Waals surface area contributed by atoms with Gasteiger partial charge in [-0.3, -0.25) is 24.3 Å². The van der Waals surface area contributed by atoms with Crippen molar-refractivity contribution in [3.05, 3.63) is 58.7 Å². The number of hydrogen-bond donors (Lipinski definition) is 1. The standard InChI is InChI=1S/C23H20F3N3O6/c1-12-13(4-3-5-17(12)23(24,25)26)9-29-19(30)16(20(31)32)10-28(21(29)33)15-6-7-18-14(8-15)11-35-22(34)27(18)2/h3-8,16H,9-11H2,1-2H3,(H,31,32). The molecule has 0 spiro atoms. The number of amides is 4. The number of ether oxygens (including phenoxy) is 1. The minimum Gasteiger partial charge on any atom is -0.481 e. The summed E-state index contributed by atoms with van der Waals surface area (Å²) < 4.78 is 45.0. The van der Waals surface area contributed by atoms with Gasteiger partial charge in [-0.15, -0.1) is 0 Å². The number of anilines is 2. The summed E-state index contributed by atoms with van der Waals surface area (Å²) in [6.07, 6.45) is -5.19. The first-order chi connectivity index (χ1) is 16.4. The highest BCUT2D eigenvalue weighted by atomic mass is 19.4. The number of imide groups is 1. The summed E-state index contributed by atoms with van der Waals surface area (Å²) in [7, 11) is 1.50. The molecule has 2 aliphatic rings. The number of carbonyl (C=O) groups excluding carboxylic acids is 3. The van der Waals surface area contributed by atoms with Gasteiger partial charge < -0.3 is 9.84 Å².